The Morgan fingerprint density at radius 1 is 1.24 bits per heavy atom. The summed E-state index contributed by atoms with van der Waals surface area (Å²) in [5, 5.41) is 5.71. The van der Waals surface area contributed by atoms with Crippen molar-refractivity contribution in [2.24, 2.45) is 5.92 Å². The highest BCUT2D eigenvalue weighted by Crippen LogP contribution is 2.16. The third-order valence-electron chi connectivity index (χ3n) is 3.75. The molecule has 1 aliphatic rings. The molecular weight excluding hydrogens is 204 g/mol. The van der Waals surface area contributed by atoms with E-state index in [-0.39, 0.29) is 0 Å². The van der Waals surface area contributed by atoms with E-state index in [1.165, 1.54) is 33.2 Å². The molecule has 0 spiro atoms. The first kappa shape index (κ1) is 10.6. The van der Waals surface area contributed by atoms with Crippen molar-refractivity contribution in [1.82, 2.24) is 0 Å². The molecule has 3 rings (SSSR count). The highest BCUT2D eigenvalue weighted by molar-refractivity contribution is 5.86. The number of aryl methyl sites for hydroxylation is 1. The second kappa shape index (κ2) is 4.03. The molecule has 0 bridgehead atoms. The Morgan fingerprint density at radius 2 is 2.06 bits per heavy atom. The van der Waals surface area contributed by atoms with Crippen LogP contribution in [0.4, 0.5) is 0 Å². The van der Waals surface area contributed by atoms with Crippen molar-refractivity contribution < 1.29 is 0 Å². The summed E-state index contributed by atoms with van der Waals surface area (Å²) in [6.07, 6.45) is 7.13. The second-order valence-corrected chi connectivity index (χ2v) is 5.02. The molecule has 2 aromatic rings. The van der Waals surface area contributed by atoms with Crippen LogP contribution in [0.25, 0.3) is 22.9 Å². The van der Waals surface area contributed by atoms with E-state index < -0.39 is 0 Å². The van der Waals surface area contributed by atoms with Crippen molar-refractivity contribution in [3.05, 3.63) is 46.3 Å². The zero-order chi connectivity index (χ0) is 11.8. The van der Waals surface area contributed by atoms with E-state index in [1.807, 2.05) is 0 Å². The second-order valence-electron chi connectivity index (χ2n) is 5.02. The SMILES string of the molecule is CCc1c2c(cc3ccccc13)=CCC(C)C=2. The van der Waals surface area contributed by atoms with Crippen LogP contribution in [0.3, 0.4) is 0 Å². The van der Waals surface area contributed by atoms with Crippen molar-refractivity contribution >= 4 is 22.9 Å². The summed E-state index contributed by atoms with van der Waals surface area (Å²) in [6.45, 7) is 4.56. The Morgan fingerprint density at radius 3 is 2.88 bits per heavy atom. The smallest absolute Gasteiger partial charge is 0.0146 e. The number of rotatable bonds is 1. The first-order valence-electron chi connectivity index (χ1n) is 6.52. The van der Waals surface area contributed by atoms with Gasteiger partial charge in [0.15, 0.2) is 0 Å². The molecule has 0 nitrogen and oxygen atoms in total. The van der Waals surface area contributed by atoms with Gasteiger partial charge in [0.25, 0.3) is 0 Å². The topological polar surface area (TPSA) is 0 Å². The number of benzene rings is 2. The van der Waals surface area contributed by atoms with E-state index in [0.29, 0.717) is 5.92 Å². The van der Waals surface area contributed by atoms with Crippen molar-refractivity contribution in [3.63, 3.8) is 0 Å². The Balaban J connectivity index is 2.51. The van der Waals surface area contributed by atoms with Gasteiger partial charge in [0.2, 0.25) is 0 Å². The molecule has 86 valence electrons. The summed E-state index contributed by atoms with van der Waals surface area (Å²) in [5.41, 5.74) is 1.51. The van der Waals surface area contributed by atoms with Crippen LogP contribution >= 0.6 is 0 Å². The van der Waals surface area contributed by atoms with Gasteiger partial charge in [-0.1, -0.05) is 50.3 Å². The van der Waals surface area contributed by atoms with E-state index in [2.05, 4.69) is 56.3 Å². The molecular formula is C17H18. The summed E-state index contributed by atoms with van der Waals surface area (Å²) < 4.78 is 0. The van der Waals surface area contributed by atoms with Crippen LogP contribution in [0, 0.1) is 5.92 Å². The summed E-state index contributed by atoms with van der Waals surface area (Å²) in [4.78, 5) is 0. The van der Waals surface area contributed by atoms with E-state index >= 15 is 0 Å². The molecule has 0 aliphatic heterocycles. The lowest BCUT2D eigenvalue weighted by Gasteiger charge is -2.13. The average molecular weight is 222 g/mol. The lowest BCUT2D eigenvalue weighted by atomic mass is 9.92. The van der Waals surface area contributed by atoms with Gasteiger partial charge in [-0.2, -0.15) is 0 Å². The minimum Gasteiger partial charge on any atom is -0.0761 e. The summed E-state index contributed by atoms with van der Waals surface area (Å²) in [5.74, 6) is 0.675. The highest BCUT2D eigenvalue weighted by atomic mass is 14.1. The third kappa shape index (κ3) is 1.68. The highest BCUT2D eigenvalue weighted by Gasteiger charge is 2.07. The minimum atomic E-state index is 0.675. The lowest BCUT2D eigenvalue weighted by Crippen LogP contribution is -2.32. The largest absolute Gasteiger partial charge is 0.0761 e. The van der Waals surface area contributed by atoms with E-state index in [9.17, 15) is 0 Å². The zero-order valence-corrected chi connectivity index (χ0v) is 10.5. The Hall–Kier alpha value is -1.56. The first-order valence-corrected chi connectivity index (χ1v) is 6.52. The Kier molecular flexibility index (Phi) is 2.51. The summed E-state index contributed by atoms with van der Waals surface area (Å²) in [7, 11) is 0. The molecule has 17 heavy (non-hydrogen) atoms. The normalized spacial score (nSPS) is 18.4. The van der Waals surface area contributed by atoms with Crippen LogP contribution in [-0.4, -0.2) is 0 Å². The van der Waals surface area contributed by atoms with Gasteiger partial charge in [-0.05, 0) is 51.6 Å². The van der Waals surface area contributed by atoms with Gasteiger partial charge in [-0.15, -0.1) is 0 Å². The molecule has 0 saturated carbocycles. The molecule has 0 N–H and O–H groups in total. The minimum absolute atomic E-state index is 0.675. The molecule has 1 atom stereocenters. The van der Waals surface area contributed by atoms with Gasteiger partial charge in [-0.3, -0.25) is 0 Å². The third-order valence-corrected chi connectivity index (χ3v) is 3.75. The van der Waals surface area contributed by atoms with Crippen LogP contribution in [0.1, 0.15) is 25.8 Å². The summed E-state index contributed by atoms with van der Waals surface area (Å²) in [6, 6.07) is 11.1. The molecule has 0 heteroatoms. The van der Waals surface area contributed by atoms with Crippen LogP contribution in [-0.2, 0) is 6.42 Å². The van der Waals surface area contributed by atoms with Gasteiger partial charge < -0.3 is 0 Å². The van der Waals surface area contributed by atoms with Crippen molar-refractivity contribution in [1.29, 1.82) is 0 Å². The van der Waals surface area contributed by atoms with Gasteiger partial charge in [0.05, 0.1) is 0 Å². The zero-order valence-electron chi connectivity index (χ0n) is 10.5. The quantitative estimate of drug-likeness (QED) is 0.696. The molecule has 0 fully saturated rings. The predicted molar refractivity (Wildman–Crippen MR) is 75.3 cm³/mol. The molecule has 1 aliphatic carbocycles. The maximum absolute atomic E-state index is 2.45. The first-order chi connectivity index (χ1) is 8.29. The van der Waals surface area contributed by atoms with E-state index in [4.69, 9.17) is 0 Å². The molecule has 0 aromatic heterocycles. The fraction of sp³-hybridized carbons (Fsp3) is 0.294. The number of fused-ring (bicyclic) bond motifs is 2. The van der Waals surface area contributed by atoms with Gasteiger partial charge in [0.1, 0.15) is 0 Å². The van der Waals surface area contributed by atoms with Crippen LogP contribution < -0.4 is 10.4 Å². The molecule has 1 unspecified atom stereocenters. The predicted octanol–water partition coefficient (Wildman–Crippen LogP) is 3.00. The lowest BCUT2D eigenvalue weighted by molar-refractivity contribution is 0.798. The average Bonchev–Trinajstić information content (AvgIpc) is 2.36. The van der Waals surface area contributed by atoms with Gasteiger partial charge >= 0.3 is 0 Å². The molecule has 0 saturated heterocycles. The molecule has 0 heterocycles. The standard InChI is InChI=1S/C17H18/c1-3-15-16-7-5-4-6-13(16)11-14-9-8-12(2)10-17(14)15/h4-7,9-12H,3,8H2,1-2H3. The monoisotopic (exact) mass is 222 g/mol. The van der Waals surface area contributed by atoms with Crippen molar-refractivity contribution in [2.75, 3.05) is 0 Å². The van der Waals surface area contributed by atoms with Crippen LogP contribution in [0.15, 0.2) is 30.3 Å². The van der Waals surface area contributed by atoms with Crippen LogP contribution in [0.2, 0.25) is 0 Å². The van der Waals surface area contributed by atoms with Gasteiger partial charge in [0, 0.05) is 0 Å². The molecule has 0 amide bonds. The van der Waals surface area contributed by atoms with E-state index in [1.54, 1.807) is 0 Å². The number of hydrogen-bond donors (Lipinski definition) is 0. The van der Waals surface area contributed by atoms with Gasteiger partial charge in [-0.25, -0.2) is 0 Å². The maximum Gasteiger partial charge on any atom is -0.0146 e. The van der Waals surface area contributed by atoms with Crippen LogP contribution in [0.5, 0.6) is 0 Å². The Labute approximate surface area is 102 Å². The molecule has 2 aromatic carbocycles. The maximum atomic E-state index is 2.45. The summed E-state index contributed by atoms with van der Waals surface area (Å²) >= 11 is 0. The molecule has 0 radical (unpaired) electrons. The van der Waals surface area contributed by atoms with Crippen molar-refractivity contribution in [2.45, 2.75) is 26.7 Å². The number of hydrogen-bond acceptors (Lipinski definition) is 0. The van der Waals surface area contributed by atoms with Crippen molar-refractivity contribution in [3.8, 4) is 0 Å². The fourth-order valence-corrected chi connectivity index (χ4v) is 2.87. The van der Waals surface area contributed by atoms with E-state index in [0.717, 1.165) is 6.42 Å². The Bertz CT molecular complexity index is 677. The fourth-order valence-electron chi connectivity index (χ4n) is 2.87.